The number of aliphatic carboxylic acids is 1. The molecule has 1 aliphatic rings. The highest BCUT2D eigenvalue weighted by molar-refractivity contribution is 5.85. The monoisotopic (exact) mass is 369 g/mol. The lowest BCUT2D eigenvalue weighted by atomic mass is 10.0. The average molecular weight is 370 g/mol. The van der Waals surface area contributed by atoms with E-state index in [-0.39, 0.29) is 36.9 Å². The lowest BCUT2D eigenvalue weighted by molar-refractivity contribution is -0.138. The van der Waals surface area contributed by atoms with Crippen LogP contribution in [0.2, 0.25) is 0 Å². The maximum atomic E-state index is 12.3. The van der Waals surface area contributed by atoms with Crippen molar-refractivity contribution >= 4 is 24.3 Å². The van der Waals surface area contributed by atoms with Crippen LogP contribution in [0.3, 0.4) is 0 Å². The molecule has 0 saturated carbocycles. The highest BCUT2D eigenvalue weighted by Crippen LogP contribution is 2.17. The van der Waals surface area contributed by atoms with Gasteiger partial charge in [-0.25, -0.2) is 0 Å². The summed E-state index contributed by atoms with van der Waals surface area (Å²) in [5, 5.41) is 11.9. The smallest absolute Gasteiger partial charge is 0.317 e. The molecule has 0 bridgehead atoms. The maximum absolute atomic E-state index is 12.3. The summed E-state index contributed by atoms with van der Waals surface area (Å²) in [6, 6.07) is 9.98. The van der Waals surface area contributed by atoms with E-state index >= 15 is 0 Å². The molecule has 1 amide bonds. The van der Waals surface area contributed by atoms with Crippen LogP contribution in [0.1, 0.15) is 25.3 Å². The lowest BCUT2D eigenvalue weighted by Gasteiger charge is -2.38. The Morgan fingerprint density at radius 3 is 2.44 bits per heavy atom. The fraction of sp³-hybridized carbons (Fsp3) is 0.556. The fourth-order valence-corrected chi connectivity index (χ4v) is 3.15. The van der Waals surface area contributed by atoms with Gasteiger partial charge >= 0.3 is 5.97 Å². The fourth-order valence-electron chi connectivity index (χ4n) is 3.15. The van der Waals surface area contributed by atoms with Crippen LogP contribution in [0.25, 0.3) is 0 Å². The van der Waals surface area contributed by atoms with Gasteiger partial charge in [0, 0.05) is 25.7 Å². The molecular formula is C18H28ClN3O3. The van der Waals surface area contributed by atoms with E-state index in [2.05, 4.69) is 10.2 Å². The molecule has 1 fully saturated rings. The van der Waals surface area contributed by atoms with Crippen molar-refractivity contribution in [2.24, 2.45) is 0 Å². The molecule has 0 aliphatic carbocycles. The van der Waals surface area contributed by atoms with Crippen LogP contribution in [0.4, 0.5) is 0 Å². The SMILES string of the molecule is CC(C(=O)NCc1ccccc1)N1CCC(N(C)CC(=O)O)CC1.Cl. The maximum Gasteiger partial charge on any atom is 0.317 e. The van der Waals surface area contributed by atoms with Crippen molar-refractivity contribution in [2.45, 2.75) is 38.4 Å². The van der Waals surface area contributed by atoms with Gasteiger partial charge in [-0.3, -0.25) is 19.4 Å². The molecular weight excluding hydrogens is 342 g/mol. The second-order valence-corrected chi connectivity index (χ2v) is 6.46. The zero-order valence-corrected chi connectivity index (χ0v) is 15.7. The summed E-state index contributed by atoms with van der Waals surface area (Å²) in [7, 11) is 1.85. The van der Waals surface area contributed by atoms with E-state index in [9.17, 15) is 9.59 Å². The van der Waals surface area contributed by atoms with Crippen LogP contribution >= 0.6 is 12.4 Å². The molecule has 140 valence electrons. The summed E-state index contributed by atoms with van der Waals surface area (Å²) in [6.07, 6.45) is 1.78. The average Bonchev–Trinajstić information content (AvgIpc) is 2.59. The van der Waals surface area contributed by atoms with Crippen molar-refractivity contribution in [3.05, 3.63) is 35.9 Å². The highest BCUT2D eigenvalue weighted by Gasteiger charge is 2.28. The van der Waals surface area contributed by atoms with E-state index in [1.54, 1.807) is 0 Å². The number of rotatable bonds is 7. The van der Waals surface area contributed by atoms with Crippen LogP contribution < -0.4 is 5.32 Å². The van der Waals surface area contributed by atoms with E-state index in [4.69, 9.17) is 5.11 Å². The number of nitrogens with one attached hydrogen (secondary N) is 1. The Hall–Kier alpha value is -1.63. The Labute approximate surface area is 155 Å². The minimum atomic E-state index is -0.798. The first-order valence-electron chi connectivity index (χ1n) is 8.45. The topological polar surface area (TPSA) is 72.9 Å². The third kappa shape index (κ3) is 6.65. The summed E-state index contributed by atoms with van der Waals surface area (Å²) in [5.74, 6) is -0.759. The summed E-state index contributed by atoms with van der Waals surface area (Å²) in [6.45, 7) is 4.17. The number of likely N-dealkylation sites (N-methyl/N-ethyl adjacent to an activating group) is 1. The van der Waals surface area contributed by atoms with Crippen molar-refractivity contribution in [1.29, 1.82) is 0 Å². The third-order valence-corrected chi connectivity index (χ3v) is 4.74. The van der Waals surface area contributed by atoms with E-state index in [0.717, 1.165) is 31.5 Å². The number of halogens is 1. The zero-order valence-electron chi connectivity index (χ0n) is 14.9. The van der Waals surface area contributed by atoms with Crippen molar-refractivity contribution in [3.63, 3.8) is 0 Å². The van der Waals surface area contributed by atoms with Crippen LogP contribution in [0.15, 0.2) is 30.3 Å². The molecule has 6 nitrogen and oxygen atoms in total. The minimum absolute atomic E-state index is 0. The molecule has 0 aromatic heterocycles. The minimum Gasteiger partial charge on any atom is -0.480 e. The number of carboxylic acid groups (broad SMARTS) is 1. The standard InChI is InChI=1S/C18H27N3O3.ClH/c1-14(18(24)19-12-15-6-4-3-5-7-15)21-10-8-16(9-11-21)20(2)13-17(22)23;/h3-7,14,16H,8-13H2,1-2H3,(H,19,24)(H,22,23);1H. The van der Waals surface area contributed by atoms with Gasteiger partial charge in [-0.15, -0.1) is 12.4 Å². The van der Waals surface area contributed by atoms with Gasteiger partial charge in [-0.2, -0.15) is 0 Å². The quantitative estimate of drug-likeness (QED) is 0.763. The van der Waals surface area contributed by atoms with E-state index in [1.165, 1.54) is 0 Å². The Kier molecular flexibility index (Phi) is 8.89. The molecule has 1 aliphatic heterocycles. The molecule has 1 aromatic rings. The van der Waals surface area contributed by atoms with Crippen LogP contribution in [-0.4, -0.2) is 65.5 Å². The van der Waals surface area contributed by atoms with E-state index in [0.29, 0.717) is 6.54 Å². The van der Waals surface area contributed by atoms with Crippen molar-refractivity contribution in [3.8, 4) is 0 Å². The number of hydrogen-bond donors (Lipinski definition) is 2. The molecule has 0 radical (unpaired) electrons. The van der Waals surface area contributed by atoms with Gasteiger partial charge in [0.1, 0.15) is 0 Å². The molecule has 1 saturated heterocycles. The Balaban J connectivity index is 0.00000312. The number of carboxylic acids is 1. The van der Waals surface area contributed by atoms with Crippen LogP contribution in [0.5, 0.6) is 0 Å². The normalized spacial score (nSPS) is 16.9. The molecule has 1 unspecified atom stereocenters. The molecule has 7 heteroatoms. The number of nitrogens with zero attached hydrogens (tertiary/aromatic N) is 2. The predicted octanol–water partition coefficient (Wildman–Crippen LogP) is 1.59. The van der Waals surface area contributed by atoms with Gasteiger partial charge in [0.05, 0.1) is 12.6 Å². The Bertz CT molecular complexity index is 548. The molecule has 0 spiro atoms. The summed E-state index contributed by atoms with van der Waals surface area (Å²) in [4.78, 5) is 27.2. The first-order valence-corrected chi connectivity index (χ1v) is 8.45. The van der Waals surface area contributed by atoms with Gasteiger partial charge in [0.2, 0.25) is 5.91 Å². The first kappa shape index (κ1) is 21.4. The van der Waals surface area contributed by atoms with Crippen LogP contribution in [-0.2, 0) is 16.1 Å². The second kappa shape index (κ2) is 10.4. The van der Waals surface area contributed by atoms with Gasteiger partial charge in [-0.05, 0) is 32.4 Å². The molecule has 2 rings (SSSR count). The lowest BCUT2D eigenvalue weighted by Crippen LogP contribution is -2.51. The summed E-state index contributed by atoms with van der Waals surface area (Å²) in [5.41, 5.74) is 1.09. The summed E-state index contributed by atoms with van der Waals surface area (Å²) < 4.78 is 0. The number of amides is 1. The first-order chi connectivity index (χ1) is 11.5. The number of likely N-dealkylation sites (tertiary alicyclic amines) is 1. The number of carbonyl (C=O) groups is 2. The molecule has 1 atom stereocenters. The number of hydrogen-bond acceptors (Lipinski definition) is 4. The Morgan fingerprint density at radius 2 is 1.88 bits per heavy atom. The molecule has 2 N–H and O–H groups in total. The third-order valence-electron chi connectivity index (χ3n) is 4.74. The van der Waals surface area contributed by atoms with Crippen molar-refractivity contribution in [1.82, 2.24) is 15.1 Å². The Morgan fingerprint density at radius 1 is 1.28 bits per heavy atom. The largest absolute Gasteiger partial charge is 0.480 e. The van der Waals surface area contributed by atoms with E-state index < -0.39 is 5.97 Å². The highest BCUT2D eigenvalue weighted by atomic mass is 35.5. The van der Waals surface area contributed by atoms with Crippen molar-refractivity contribution in [2.75, 3.05) is 26.7 Å². The zero-order chi connectivity index (χ0) is 17.5. The number of piperidine rings is 1. The number of benzene rings is 1. The van der Waals surface area contributed by atoms with Gasteiger partial charge in [-0.1, -0.05) is 30.3 Å². The predicted molar refractivity (Wildman–Crippen MR) is 99.9 cm³/mol. The number of carbonyl (C=O) groups excluding carboxylic acids is 1. The molecule has 1 aromatic carbocycles. The molecule has 1 heterocycles. The van der Waals surface area contributed by atoms with E-state index in [1.807, 2.05) is 49.2 Å². The summed E-state index contributed by atoms with van der Waals surface area (Å²) >= 11 is 0. The van der Waals surface area contributed by atoms with Gasteiger partial charge in [0.15, 0.2) is 0 Å². The van der Waals surface area contributed by atoms with Gasteiger partial charge < -0.3 is 10.4 Å². The van der Waals surface area contributed by atoms with Crippen LogP contribution in [0, 0.1) is 0 Å². The molecule has 25 heavy (non-hydrogen) atoms. The van der Waals surface area contributed by atoms with Crippen molar-refractivity contribution < 1.29 is 14.7 Å². The van der Waals surface area contributed by atoms with Gasteiger partial charge in [0.25, 0.3) is 0 Å². The second-order valence-electron chi connectivity index (χ2n) is 6.46.